The van der Waals surface area contributed by atoms with Crippen LogP contribution in [0.5, 0.6) is 0 Å². The van der Waals surface area contributed by atoms with Gasteiger partial charge in [0.25, 0.3) is 5.91 Å². The Morgan fingerprint density at radius 1 is 1.10 bits per heavy atom. The highest BCUT2D eigenvalue weighted by Crippen LogP contribution is 2.20. The summed E-state index contributed by atoms with van der Waals surface area (Å²) in [7, 11) is 0. The number of benzene rings is 1. The molecule has 0 aliphatic carbocycles. The predicted octanol–water partition coefficient (Wildman–Crippen LogP) is 2.81. The van der Waals surface area contributed by atoms with E-state index in [1.807, 2.05) is 0 Å². The lowest BCUT2D eigenvalue weighted by atomic mass is 9.96. The summed E-state index contributed by atoms with van der Waals surface area (Å²) < 4.78 is 0.540. The molecule has 0 aliphatic rings. The number of hydrogen-bond acceptors (Lipinski definition) is 4. The van der Waals surface area contributed by atoms with Gasteiger partial charge in [0.15, 0.2) is 5.82 Å². The largest absolute Gasteiger partial charge is 0.478 e. The van der Waals surface area contributed by atoms with Gasteiger partial charge >= 0.3 is 5.97 Å². The van der Waals surface area contributed by atoms with Gasteiger partial charge in [0.05, 0.1) is 23.5 Å². The summed E-state index contributed by atoms with van der Waals surface area (Å²) in [6.45, 7) is 3.34. The van der Waals surface area contributed by atoms with E-state index in [0.717, 1.165) is 0 Å². The summed E-state index contributed by atoms with van der Waals surface area (Å²) in [5, 5.41) is 11.9. The molecule has 1 aromatic carbocycles. The molecular formula is C14H12BrN3O3. The van der Waals surface area contributed by atoms with E-state index in [2.05, 4.69) is 31.2 Å². The lowest BCUT2D eigenvalue weighted by molar-refractivity contribution is 0.0691. The molecule has 0 aliphatic heterocycles. The number of carboxylic acid groups (broad SMARTS) is 1. The zero-order valence-corrected chi connectivity index (χ0v) is 12.9. The number of nitrogens with one attached hydrogen (secondary N) is 1. The molecule has 0 fully saturated rings. The van der Waals surface area contributed by atoms with E-state index in [4.69, 9.17) is 0 Å². The molecule has 6 nitrogen and oxygen atoms in total. The van der Waals surface area contributed by atoms with Crippen molar-refractivity contribution in [3.05, 3.63) is 51.4 Å². The van der Waals surface area contributed by atoms with Crippen LogP contribution in [-0.4, -0.2) is 27.0 Å². The lowest BCUT2D eigenvalue weighted by Gasteiger charge is -2.12. The molecule has 0 saturated carbocycles. The van der Waals surface area contributed by atoms with E-state index in [1.165, 1.54) is 12.4 Å². The minimum Gasteiger partial charge on any atom is -0.478 e. The summed E-state index contributed by atoms with van der Waals surface area (Å²) in [6.07, 6.45) is 2.82. The van der Waals surface area contributed by atoms with Crippen molar-refractivity contribution in [2.24, 2.45) is 0 Å². The third kappa shape index (κ3) is 3.25. The highest BCUT2D eigenvalue weighted by Gasteiger charge is 2.21. The fourth-order valence-corrected chi connectivity index (χ4v) is 2.14. The molecule has 2 N–H and O–H groups in total. The Hall–Kier alpha value is -2.28. The first-order chi connectivity index (χ1) is 9.90. The van der Waals surface area contributed by atoms with E-state index in [1.54, 1.807) is 26.0 Å². The summed E-state index contributed by atoms with van der Waals surface area (Å²) >= 11 is 3.14. The number of aromatic carboxylic acids is 1. The zero-order chi connectivity index (χ0) is 15.6. The van der Waals surface area contributed by atoms with Crippen molar-refractivity contribution in [1.29, 1.82) is 0 Å². The fourth-order valence-electron chi connectivity index (χ4n) is 1.93. The smallest absolute Gasteiger partial charge is 0.336 e. The van der Waals surface area contributed by atoms with Gasteiger partial charge in [-0.25, -0.2) is 14.8 Å². The number of aromatic nitrogens is 2. The van der Waals surface area contributed by atoms with E-state index in [9.17, 15) is 14.7 Å². The van der Waals surface area contributed by atoms with E-state index in [-0.39, 0.29) is 16.9 Å². The third-order valence-corrected chi connectivity index (χ3v) is 3.33. The maximum Gasteiger partial charge on any atom is 0.336 e. The van der Waals surface area contributed by atoms with Gasteiger partial charge in [-0.15, -0.1) is 0 Å². The van der Waals surface area contributed by atoms with Crippen molar-refractivity contribution >= 4 is 33.6 Å². The first-order valence-electron chi connectivity index (χ1n) is 6.02. The Kier molecular flexibility index (Phi) is 4.32. The second-order valence-corrected chi connectivity index (χ2v) is 5.25. The van der Waals surface area contributed by atoms with Crippen LogP contribution in [0.4, 0.5) is 5.82 Å². The number of hydrogen-bond donors (Lipinski definition) is 2. The lowest BCUT2D eigenvalue weighted by Crippen LogP contribution is -2.19. The van der Waals surface area contributed by atoms with Gasteiger partial charge in [0.1, 0.15) is 4.60 Å². The molecule has 7 heteroatoms. The fraction of sp³-hybridized carbons (Fsp3) is 0.143. The van der Waals surface area contributed by atoms with E-state index in [0.29, 0.717) is 15.7 Å². The number of rotatable bonds is 3. The predicted molar refractivity (Wildman–Crippen MR) is 80.6 cm³/mol. The second-order valence-electron chi connectivity index (χ2n) is 4.43. The number of aryl methyl sites for hydroxylation is 2. The van der Waals surface area contributed by atoms with Crippen LogP contribution < -0.4 is 5.32 Å². The Morgan fingerprint density at radius 2 is 1.71 bits per heavy atom. The standard InChI is InChI=1S/C14H12BrN3O3/c1-7-3-4-8(2)12(14(20)21)11(7)13(19)18-10-6-16-9(15)5-17-10/h3-6H,1-2H3,(H,20,21)(H,17,18,19). The molecule has 1 heterocycles. The number of carbonyl (C=O) groups is 2. The highest BCUT2D eigenvalue weighted by molar-refractivity contribution is 9.10. The molecule has 0 radical (unpaired) electrons. The maximum absolute atomic E-state index is 12.3. The number of nitrogens with zero attached hydrogens (tertiary/aromatic N) is 2. The average Bonchev–Trinajstić information content (AvgIpc) is 2.43. The minimum atomic E-state index is -1.14. The second kappa shape index (κ2) is 6.01. The van der Waals surface area contributed by atoms with Gasteiger partial charge in [-0.05, 0) is 40.9 Å². The van der Waals surface area contributed by atoms with Gasteiger partial charge in [0, 0.05) is 0 Å². The molecule has 21 heavy (non-hydrogen) atoms. The molecule has 0 saturated heterocycles. The van der Waals surface area contributed by atoms with Gasteiger partial charge in [-0.3, -0.25) is 4.79 Å². The molecule has 2 rings (SSSR count). The summed E-state index contributed by atoms with van der Waals surface area (Å²) in [6, 6.07) is 3.39. The van der Waals surface area contributed by atoms with Crippen molar-refractivity contribution in [3.63, 3.8) is 0 Å². The summed E-state index contributed by atoms with van der Waals surface area (Å²) in [5.41, 5.74) is 1.24. The maximum atomic E-state index is 12.3. The molecule has 0 unspecified atom stereocenters. The highest BCUT2D eigenvalue weighted by atomic mass is 79.9. The Bertz CT molecular complexity index is 714. The normalized spacial score (nSPS) is 10.2. The topological polar surface area (TPSA) is 92.2 Å². The quantitative estimate of drug-likeness (QED) is 0.888. The molecule has 108 valence electrons. The first kappa shape index (κ1) is 15.1. The SMILES string of the molecule is Cc1ccc(C)c(C(=O)Nc2cnc(Br)cn2)c1C(=O)O. The molecule has 1 aromatic heterocycles. The summed E-state index contributed by atoms with van der Waals surface area (Å²) in [4.78, 5) is 31.7. The van der Waals surface area contributed by atoms with E-state index < -0.39 is 11.9 Å². The van der Waals surface area contributed by atoms with Crippen molar-refractivity contribution in [2.45, 2.75) is 13.8 Å². The van der Waals surface area contributed by atoms with Crippen LogP contribution in [0.1, 0.15) is 31.8 Å². The molecule has 2 aromatic rings. The number of amides is 1. The first-order valence-corrected chi connectivity index (χ1v) is 6.82. The van der Waals surface area contributed by atoms with Crippen LogP contribution >= 0.6 is 15.9 Å². The van der Waals surface area contributed by atoms with Crippen LogP contribution in [0.3, 0.4) is 0 Å². The van der Waals surface area contributed by atoms with E-state index >= 15 is 0 Å². The van der Waals surface area contributed by atoms with Crippen LogP contribution in [-0.2, 0) is 0 Å². The molecule has 0 atom stereocenters. The summed E-state index contributed by atoms with van der Waals surface area (Å²) in [5.74, 6) is -1.41. The van der Waals surface area contributed by atoms with Gasteiger partial charge in [-0.1, -0.05) is 12.1 Å². The zero-order valence-electron chi connectivity index (χ0n) is 11.3. The Morgan fingerprint density at radius 3 is 2.24 bits per heavy atom. The number of carboxylic acids is 1. The molecule has 0 spiro atoms. The Balaban J connectivity index is 2.41. The Labute approximate surface area is 129 Å². The number of carbonyl (C=O) groups excluding carboxylic acids is 1. The van der Waals surface area contributed by atoms with Crippen LogP contribution in [0.15, 0.2) is 29.1 Å². The molecule has 1 amide bonds. The van der Waals surface area contributed by atoms with Crippen LogP contribution in [0.25, 0.3) is 0 Å². The molecule has 0 bridgehead atoms. The van der Waals surface area contributed by atoms with Crippen LogP contribution in [0, 0.1) is 13.8 Å². The van der Waals surface area contributed by atoms with Crippen molar-refractivity contribution in [1.82, 2.24) is 9.97 Å². The van der Waals surface area contributed by atoms with Gasteiger partial charge < -0.3 is 10.4 Å². The van der Waals surface area contributed by atoms with Crippen LogP contribution in [0.2, 0.25) is 0 Å². The average molecular weight is 350 g/mol. The van der Waals surface area contributed by atoms with Gasteiger partial charge in [-0.2, -0.15) is 0 Å². The third-order valence-electron chi connectivity index (χ3n) is 2.92. The monoisotopic (exact) mass is 349 g/mol. The number of anilines is 1. The van der Waals surface area contributed by atoms with Crippen molar-refractivity contribution in [3.8, 4) is 0 Å². The van der Waals surface area contributed by atoms with Crippen molar-refractivity contribution in [2.75, 3.05) is 5.32 Å². The van der Waals surface area contributed by atoms with Gasteiger partial charge in [0.2, 0.25) is 0 Å². The number of halogens is 1. The molecular weight excluding hydrogens is 338 g/mol. The minimum absolute atomic E-state index is 0.00225. The van der Waals surface area contributed by atoms with Crippen molar-refractivity contribution < 1.29 is 14.7 Å².